The van der Waals surface area contributed by atoms with Gasteiger partial charge in [0.05, 0.1) is 29.9 Å². The Balaban J connectivity index is 1.37. The lowest BCUT2D eigenvalue weighted by Gasteiger charge is -2.33. The summed E-state index contributed by atoms with van der Waals surface area (Å²) in [6.07, 6.45) is 5.51. The number of hydrogen-bond donors (Lipinski definition) is 3. The summed E-state index contributed by atoms with van der Waals surface area (Å²) < 4.78 is 45.6. The predicted octanol–water partition coefficient (Wildman–Crippen LogP) is 4.50. The third-order valence-corrected chi connectivity index (χ3v) is 12.8. The summed E-state index contributed by atoms with van der Waals surface area (Å²) in [7, 11) is -2.35. The fourth-order valence-electron chi connectivity index (χ4n) is 7.71. The van der Waals surface area contributed by atoms with Gasteiger partial charge in [-0.2, -0.15) is 0 Å². The molecular weight excluding hydrogens is 741 g/mol. The Bertz CT molecular complexity index is 1990. The second-order valence-electron chi connectivity index (χ2n) is 17.3. The van der Waals surface area contributed by atoms with Crippen LogP contribution in [0.4, 0.5) is 4.79 Å². The van der Waals surface area contributed by atoms with Gasteiger partial charge in [-0.15, -0.1) is 0 Å². The molecule has 3 fully saturated rings. The smallest absolute Gasteiger partial charge is 0.408 e. The fourth-order valence-corrected chi connectivity index (χ4v) is 9.08. The topological polar surface area (TPSA) is 195 Å². The van der Waals surface area contributed by atoms with E-state index in [0.717, 1.165) is 6.42 Å². The van der Waals surface area contributed by atoms with E-state index in [1.54, 1.807) is 40.0 Å². The Morgan fingerprint density at radius 3 is 2.45 bits per heavy atom. The Hall–Kier alpha value is -4.47. The minimum Gasteiger partial charge on any atom is -0.497 e. The summed E-state index contributed by atoms with van der Waals surface area (Å²) in [6.45, 7) is 13.1. The number of methoxy groups -OCH3 is 1. The number of rotatable bonds is 8. The van der Waals surface area contributed by atoms with Crippen molar-refractivity contribution in [1.29, 1.82) is 0 Å². The normalized spacial score (nSPS) is 29.3. The predicted molar refractivity (Wildman–Crippen MR) is 208 cm³/mol. The Morgan fingerprint density at radius 1 is 1.05 bits per heavy atom. The number of amides is 4. The van der Waals surface area contributed by atoms with Crippen molar-refractivity contribution in [3.05, 3.63) is 36.0 Å². The van der Waals surface area contributed by atoms with Crippen molar-refractivity contribution in [2.45, 2.75) is 134 Å². The van der Waals surface area contributed by atoms with Crippen LogP contribution in [0.3, 0.4) is 0 Å². The van der Waals surface area contributed by atoms with Crippen molar-refractivity contribution >= 4 is 44.9 Å². The van der Waals surface area contributed by atoms with E-state index >= 15 is 0 Å². The van der Waals surface area contributed by atoms with Gasteiger partial charge in [-0.3, -0.25) is 19.1 Å². The van der Waals surface area contributed by atoms with E-state index in [9.17, 15) is 27.6 Å². The zero-order valence-corrected chi connectivity index (χ0v) is 34.4. The number of ether oxygens (including phenoxy) is 3. The minimum atomic E-state index is -3.91. The van der Waals surface area contributed by atoms with Crippen LogP contribution >= 0.6 is 0 Å². The molecule has 0 spiro atoms. The van der Waals surface area contributed by atoms with Crippen molar-refractivity contribution in [3.63, 3.8) is 0 Å². The van der Waals surface area contributed by atoms with Gasteiger partial charge in [0.15, 0.2) is 0 Å². The molecule has 306 valence electrons. The first-order chi connectivity index (χ1) is 26.3. The number of hydrogen-bond acceptors (Lipinski definition) is 11. The second kappa shape index (κ2) is 15.8. The molecule has 16 heteroatoms. The molecule has 56 heavy (non-hydrogen) atoms. The molecule has 0 bridgehead atoms. The van der Waals surface area contributed by atoms with Gasteiger partial charge in [-0.05, 0) is 83.3 Å². The number of carbonyl (C=O) groups is 4. The number of benzene rings is 1. The SMILES string of the molecule is COc1ccc2nc(C(C)C)c(O[C@@H]3C[C@H]4C(=O)N[C@]5(C(=O)NS(=O)(=O)C6CC6)C[C@H]5/C=C\CC[C@H](C)C[C@@H](C)[C@H](NC(=O)OC(C)(C)C)C(=O)N4C3)nc2c1. The molecule has 3 N–H and O–H groups in total. The number of carbonyl (C=O) groups excluding carboxylic acids is 4. The van der Waals surface area contributed by atoms with Gasteiger partial charge in [0.25, 0.3) is 5.91 Å². The number of nitrogens with one attached hydrogen (secondary N) is 3. The lowest BCUT2D eigenvalue weighted by atomic mass is 9.88. The molecular formula is C40H56N6O9S. The maximum atomic E-state index is 14.8. The molecule has 1 aromatic carbocycles. The first-order valence-electron chi connectivity index (χ1n) is 19.7. The highest BCUT2D eigenvalue weighted by Gasteiger charge is 2.62. The van der Waals surface area contributed by atoms with E-state index in [1.807, 2.05) is 39.0 Å². The molecule has 1 saturated heterocycles. The van der Waals surface area contributed by atoms with Gasteiger partial charge in [-0.1, -0.05) is 39.8 Å². The molecule has 7 atom stereocenters. The third-order valence-electron chi connectivity index (χ3n) is 11.0. The second-order valence-corrected chi connectivity index (χ2v) is 19.3. The molecule has 0 unspecified atom stereocenters. The van der Waals surface area contributed by atoms with Gasteiger partial charge in [0.2, 0.25) is 27.7 Å². The molecule has 2 aliphatic carbocycles. The summed E-state index contributed by atoms with van der Waals surface area (Å²) in [6, 6.07) is 3.16. The lowest BCUT2D eigenvalue weighted by Crippen LogP contribution is -2.59. The van der Waals surface area contributed by atoms with Crippen LogP contribution in [0.1, 0.15) is 105 Å². The monoisotopic (exact) mass is 796 g/mol. The number of alkyl carbamates (subject to hydrolysis) is 1. The van der Waals surface area contributed by atoms with E-state index < -0.39 is 74.3 Å². The number of allylic oxidation sites excluding steroid dienone is 1. The number of aromatic nitrogens is 2. The zero-order valence-electron chi connectivity index (χ0n) is 33.6. The Kier molecular flexibility index (Phi) is 11.6. The van der Waals surface area contributed by atoms with E-state index in [1.165, 1.54) is 4.90 Å². The molecule has 2 aromatic rings. The Labute approximate surface area is 329 Å². The zero-order chi connectivity index (χ0) is 40.7. The van der Waals surface area contributed by atoms with Crippen LogP contribution in [0.2, 0.25) is 0 Å². The van der Waals surface area contributed by atoms with Gasteiger partial charge in [-0.25, -0.2) is 23.2 Å². The molecule has 0 radical (unpaired) electrons. The van der Waals surface area contributed by atoms with Crippen LogP contribution in [-0.4, -0.2) is 95.3 Å². The van der Waals surface area contributed by atoms with Crippen LogP contribution in [0.5, 0.6) is 11.6 Å². The number of fused-ring (bicyclic) bond motifs is 3. The summed E-state index contributed by atoms with van der Waals surface area (Å²) in [5.41, 5.74) is -0.571. The van der Waals surface area contributed by atoms with Crippen LogP contribution in [0, 0.1) is 17.8 Å². The maximum Gasteiger partial charge on any atom is 0.408 e. The summed E-state index contributed by atoms with van der Waals surface area (Å²) in [5, 5.41) is 5.08. The van der Waals surface area contributed by atoms with E-state index in [0.29, 0.717) is 48.2 Å². The van der Waals surface area contributed by atoms with Gasteiger partial charge in [0.1, 0.15) is 40.8 Å². The van der Waals surface area contributed by atoms with Crippen LogP contribution in [-0.2, 0) is 29.1 Å². The summed E-state index contributed by atoms with van der Waals surface area (Å²) >= 11 is 0. The number of sulfonamides is 1. The molecule has 4 amide bonds. The van der Waals surface area contributed by atoms with Gasteiger partial charge >= 0.3 is 6.09 Å². The molecule has 1 aromatic heterocycles. The van der Waals surface area contributed by atoms with Gasteiger partial charge in [0, 0.05) is 24.3 Å². The first kappa shape index (κ1) is 41.2. The molecule has 2 aliphatic heterocycles. The average molecular weight is 797 g/mol. The summed E-state index contributed by atoms with van der Waals surface area (Å²) in [4.78, 5) is 67.4. The lowest BCUT2D eigenvalue weighted by molar-refractivity contribution is -0.142. The van der Waals surface area contributed by atoms with Crippen molar-refractivity contribution in [3.8, 4) is 11.6 Å². The van der Waals surface area contributed by atoms with Crippen molar-refractivity contribution in [2.24, 2.45) is 17.8 Å². The number of nitrogens with zero attached hydrogens (tertiary/aromatic N) is 3. The molecule has 4 aliphatic rings. The highest BCUT2D eigenvalue weighted by molar-refractivity contribution is 7.91. The van der Waals surface area contributed by atoms with Crippen LogP contribution in [0.25, 0.3) is 11.0 Å². The average Bonchev–Trinajstić information content (AvgIpc) is 4.04. The van der Waals surface area contributed by atoms with Crippen molar-refractivity contribution in [2.75, 3.05) is 13.7 Å². The fraction of sp³-hybridized carbons (Fsp3) is 0.650. The molecule has 15 nitrogen and oxygen atoms in total. The van der Waals surface area contributed by atoms with Gasteiger partial charge < -0.3 is 29.7 Å². The van der Waals surface area contributed by atoms with Crippen molar-refractivity contribution < 1.29 is 41.8 Å². The quantitative estimate of drug-likeness (QED) is 0.319. The highest BCUT2D eigenvalue weighted by atomic mass is 32.2. The van der Waals surface area contributed by atoms with E-state index in [-0.39, 0.29) is 43.0 Å². The molecule has 3 heterocycles. The van der Waals surface area contributed by atoms with Crippen LogP contribution in [0.15, 0.2) is 30.4 Å². The molecule has 6 rings (SSSR count). The minimum absolute atomic E-state index is 0.0233. The standard InChI is InChI=1S/C40H56N6O9S/c1-22(2)32-35(42-30-18-26(53-8)13-16-29(30)41-32)54-27-19-31-34(47)44-40(37(49)45-56(51,52)28-14-15-28)20-25(40)12-10-9-11-23(3)17-24(4)33(36(48)46(31)21-27)43-38(50)55-39(5,6)7/h10,12-13,16,18,22-25,27-28,31,33H,9,11,14-15,17,19-21H2,1-8H3,(H,43,50)(H,44,47)(H,45,49)/b12-10-/t23-,24+,25+,27+,31-,33-,40+/m0/s1. The van der Waals surface area contributed by atoms with Crippen LogP contribution < -0.4 is 24.8 Å². The Morgan fingerprint density at radius 2 is 1.79 bits per heavy atom. The largest absolute Gasteiger partial charge is 0.497 e. The van der Waals surface area contributed by atoms with Crippen molar-refractivity contribution in [1.82, 2.24) is 30.2 Å². The van der Waals surface area contributed by atoms with E-state index in [2.05, 4.69) is 22.3 Å². The third kappa shape index (κ3) is 9.21. The first-order valence-corrected chi connectivity index (χ1v) is 21.2. The van der Waals surface area contributed by atoms with E-state index in [4.69, 9.17) is 24.2 Å². The maximum absolute atomic E-state index is 14.8. The highest BCUT2D eigenvalue weighted by Crippen LogP contribution is 2.46. The summed E-state index contributed by atoms with van der Waals surface area (Å²) in [5.74, 6) is -1.83. The molecule has 2 saturated carbocycles.